The molecule has 1 atom stereocenters. The average Bonchev–Trinajstić information content (AvgIpc) is 3.32. The summed E-state index contributed by atoms with van der Waals surface area (Å²) in [5, 5.41) is 3.05. The molecule has 8 nitrogen and oxygen atoms in total. The number of thiophene rings is 1. The van der Waals surface area contributed by atoms with E-state index in [4.69, 9.17) is 11.6 Å². The number of amides is 2. The van der Waals surface area contributed by atoms with E-state index >= 15 is 0 Å². The summed E-state index contributed by atoms with van der Waals surface area (Å²) >= 11 is 7.03. The molecule has 3 aromatic rings. The zero-order valence-electron chi connectivity index (χ0n) is 20.8. The summed E-state index contributed by atoms with van der Waals surface area (Å²) in [7, 11) is -4.30. The van der Waals surface area contributed by atoms with Crippen LogP contribution >= 0.6 is 22.9 Å². The molecule has 1 saturated heterocycles. The number of piperidine rings is 1. The van der Waals surface area contributed by atoms with E-state index in [1.54, 1.807) is 55.6 Å². The lowest BCUT2D eigenvalue weighted by Gasteiger charge is -2.31. The Labute approximate surface area is 233 Å². The summed E-state index contributed by atoms with van der Waals surface area (Å²) in [5.74, 6) is -1.28. The van der Waals surface area contributed by atoms with Gasteiger partial charge in [0.15, 0.2) is 0 Å². The van der Waals surface area contributed by atoms with Crippen LogP contribution in [-0.2, 0) is 19.6 Å². The van der Waals surface area contributed by atoms with Gasteiger partial charge in [-0.2, -0.15) is 13.5 Å². The second-order valence-electron chi connectivity index (χ2n) is 8.86. The highest BCUT2D eigenvalue weighted by Crippen LogP contribution is 2.29. The Balaban J connectivity index is 1.60. The second-order valence-corrected chi connectivity index (χ2v) is 12.3. The molecule has 13 heteroatoms. The molecule has 39 heavy (non-hydrogen) atoms. The van der Waals surface area contributed by atoms with Crippen molar-refractivity contribution in [1.29, 1.82) is 0 Å². The molecule has 206 valence electrons. The molecule has 4 rings (SSSR count). The molecule has 1 unspecified atom stereocenters. The number of pyridine rings is 1. The van der Waals surface area contributed by atoms with Crippen molar-refractivity contribution >= 4 is 49.8 Å². The third kappa shape index (κ3) is 7.07. The van der Waals surface area contributed by atoms with E-state index in [0.29, 0.717) is 26.2 Å². The highest BCUT2D eigenvalue weighted by atomic mass is 35.5. The van der Waals surface area contributed by atoms with E-state index in [1.165, 1.54) is 11.0 Å². The number of nitrogens with one attached hydrogen (secondary N) is 2. The number of hydrogen-bond acceptors (Lipinski definition) is 6. The van der Waals surface area contributed by atoms with E-state index in [-0.39, 0.29) is 36.4 Å². The first-order chi connectivity index (χ1) is 18.5. The van der Waals surface area contributed by atoms with Crippen LogP contribution in [0.5, 0.6) is 0 Å². The van der Waals surface area contributed by atoms with E-state index in [2.05, 4.69) is 15.0 Å². The van der Waals surface area contributed by atoms with Gasteiger partial charge < -0.3 is 10.2 Å². The van der Waals surface area contributed by atoms with Crippen LogP contribution in [0.2, 0.25) is 4.34 Å². The van der Waals surface area contributed by atoms with Gasteiger partial charge in [-0.3, -0.25) is 14.6 Å². The first-order valence-corrected chi connectivity index (χ1v) is 14.6. The van der Waals surface area contributed by atoms with Crippen molar-refractivity contribution in [3.05, 3.63) is 76.3 Å². The fourth-order valence-corrected chi connectivity index (χ4v) is 6.71. The predicted molar refractivity (Wildman–Crippen MR) is 146 cm³/mol. The number of sulfonamides is 1. The fourth-order valence-electron chi connectivity index (χ4n) is 4.30. The third-order valence-corrected chi connectivity index (χ3v) is 9.04. The van der Waals surface area contributed by atoms with Crippen molar-refractivity contribution in [1.82, 2.24) is 14.6 Å². The molecular weight excluding hydrogens is 570 g/mol. The molecular formula is C26H25ClF2N4O4S2. The SMILES string of the molecule is Cc1c(-c2ccccn2)cccc1S(=O)(=O)NC(CC(=O)Nc1ccc(Cl)s1)C(=O)N1CCC(=C(F)F)CC1. The van der Waals surface area contributed by atoms with Crippen LogP contribution in [-0.4, -0.2) is 49.2 Å². The highest BCUT2D eigenvalue weighted by molar-refractivity contribution is 7.89. The van der Waals surface area contributed by atoms with E-state index in [9.17, 15) is 26.8 Å². The number of anilines is 1. The van der Waals surface area contributed by atoms with Gasteiger partial charge in [0.2, 0.25) is 21.8 Å². The van der Waals surface area contributed by atoms with Crippen LogP contribution in [0.4, 0.5) is 13.8 Å². The number of hydrogen-bond donors (Lipinski definition) is 2. The van der Waals surface area contributed by atoms with Gasteiger partial charge in [-0.05, 0) is 61.2 Å². The Bertz CT molecular complexity index is 1500. The number of nitrogens with zero attached hydrogens (tertiary/aromatic N) is 2. The van der Waals surface area contributed by atoms with Crippen molar-refractivity contribution in [3.8, 4) is 11.3 Å². The van der Waals surface area contributed by atoms with Gasteiger partial charge in [-0.15, -0.1) is 11.3 Å². The Hall–Kier alpha value is -3.19. The fraction of sp³-hybridized carbons (Fsp3) is 0.269. The molecule has 0 bridgehead atoms. The van der Waals surface area contributed by atoms with Crippen molar-refractivity contribution < 1.29 is 26.8 Å². The quantitative estimate of drug-likeness (QED) is 0.372. The lowest BCUT2D eigenvalue weighted by atomic mass is 10.0. The normalized spacial score (nSPS) is 14.7. The number of carbonyl (C=O) groups excluding carboxylic acids is 2. The summed E-state index contributed by atoms with van der Waals surface area (Å²) in [6, 6.07) is 11.7. The molecule has 2 aromatic heterocycles. The predicted octanol–water partition coefficient (Wildman–Crippen LogP) is 5.22. The Morgan fingerprint density at radius 2 is 1.85 bits per heavy atom. The maximum absolute atomic E-state index is 13.6. The molecule has 0 spiro atoms. The molecule has 1 aliphatic heterocycles. The van der Waals surface area contributed by atoms with Crippen LogP contribution in [0.25, 0.3) is 11.3 Å². The monoisotopic (exact) mass is 594 g/mol. The zero-order chi connectivity index (χ0) is 28.2. The van der Waals surface area contributed by atoms with Crippen LogP contribution < -0.4 is 10.0 Å². The summed E-state index contributed by atoms with van der Waals surface area (Å²) in [6.07, 6.45) is -0.742. The number of halogens is 3. The van der Waals surface area contributed by atoms with E-state index in [1.807, 2.05) is 0 Å². The van der Waals surface area contributed by atoms with Crippen LogP contribution in [0, 0.1) is 6.92 Å². The summed E-state index contributed by atoms with van der Waals surface area (Å²) in [4.78, 5) is 31.8. The number of aromatic nitrogens is 1. The molecule has 2 amide bonds. The minimum atomic E-state index is -4.30. The largest absolute Gasteiger partial charge is 0.341 e. The Morgan fingerprint density at radius 3 is 2.46 bits per heavy atom. The van der Waals surface area contributed by atoms with Gasteiger partial charge in [0, 0.05) is 24.8 Å². The topological polar surface area (TPSA) is 108 Å². The van der Waals surface area contributed by atoms with Gasteiger partial charge in [0.1, 0.15) is 6.04 Å². The summed E-state index contributed by atoms with van der Waals surface area (Å²) < 4.78 is 56.0. The van der Waals surface area contributed by atoms with Gasteiger partial charge in [-0.1, -0.05) is 29.8 Å². The third-order valence-electron chi connectivity index (χ3n) is 6.28. The van der Waals surface area contributed by atoms with Crippen molar-refractivity contribution in [3.63, 3.8) is 0 Å². The van der Waals surface area contributed by atoms with Crippen LogP contribution in [0.3, 0.4) is 0 Å². The van der Waals surface area contributed by atoms with Gasteiger partial charge >= 0.3 is 0 Å². The van der Waals surface area contributed by atoms with Gasteiger partial charge in [0.25, 0.3) is 6.08 Å². The van der Waals surface area contributed by atoms with E-state index < -0.39 is 40.4 Å². The Kier molecular flexibility index (Phi) is 9.11. The lowest BCUT2D eigenvalue weighted by Crippen LogP contribution is -2.51. The molecule has 2 N–H and O–H groups in total. The van der Waals surface area contributed by atoms with Crippen molar-refractivity contribution in [2.45, 2.75) is 37.1 Å². The molecule has 0 aliphatic carbocycles. The Morgan fingerprint density at radius 1 is 1.10 bits per heavy atom. The first-order valence-electron chi connectivity index (χ1n) is 12.0. The van der Waals surface area contributed by atoms with E-state index in [0.717, 1.165) is 11.3 Å². The smallest absolute Gasteiger partial charge is 0.269 e. The van der Waals surface area contributed by atoms with Gasteiger partial charge in [-0.25, -0.2) is 8.42 Å². The van der Waals surface area contributed by atoms with Crippen LogP contribution in [0.15, 0.2) is 71.3 Å². The number of carbonyl (C=O) groups is 2. The molecule has 1 aromatic carbocycles. The minimum absolute atomic E-state index is 0.0138. The molecule has 1 aliphatic rings. The van der Waals surface area contributed by atoms with Crippen molar-refractivity contribution in [2.75, 3.05) is 18.4 Å². The summed E-state index contributed by atoms with van der Waals surface area (Å²) in [6.45, 7) is 1.60. The number of likely N-dealkylation sites (tertiary alicyclic amines) is 1. The standard InChI is InChI=1S/C26H25ClF2N4O4S2/c1-16-18(19-6-2-3-12-30-19)5-4-7-21(16)39(36,37)32-20(15-23(34)31-24-9-8-22(27)38-24)26(35)33-13-10-17(11-14-33)25(28)29/h2-9,12,20,32H,10-11,13-15H2,1H3,(H,31,34). The average molecular weight is 595 g/mol. The highest BCUT2D eigenvalue weighted by Gasteiger charge is 2.33. The van der Waals surface area contributed by atoms with Crippen molar-refractivity contribution in [2.24, 2.45) is 0 Å². The zero-order valence-corrected chi connectivity index (χ0v) is 23.2. The summed E-state index contributed by atoms with van der Waals surface area (Å²) in [5.41, 5.74) is 1.55. The maximum atomic E-state index is 13.6. The molecule has 3 heterocycles. The minimum Gasteiger partial charge on any atom is -0.341 e. The number of rotatable bonds is 8. The second kappa shape index (κ2) is 12.3. The first kappa shape index (κ1) is 28.8. The number of benzene rings is 1. The molecule has 0 radical (unpaired) electrons. The lowest BCUT2D eigenvalue weighted by molar-refractivity contribution is -0.135. The van der Waals surface area contributed by atoms with Crippen LogP contribution in [0.1, 0.15) is 24.8 Å². The molecule has 1 fully saturated rings. The maximum Gasteiger partial charge on any atom is 0.269 e. The molecule has 0 saturated carbocycles. The van der Waals surface area contributed by atoms with Gasteiger partial charge in [0.05, 0.1) is 26.3 Å².